The molecular weight excluding hydrogens is 258 g/mol. The molecule has 21 heavy (non-hydrogen) atoms. The van der Waals surface area contributed by atoms with Crippen LogP contribution in [0.3, 0.4) is 0 Å². The van der Waals surface area contributed by atoms with Gasteiger partial charge in [-0.2, -0.15) is 0 Å². The summed E-state index contributed by atoms with van der Waals surface area (Å²) in [4.78, 5) is 9.05. The predicted molar refractivity (Wildman–Crippen MR) is 87.4 cm³/mol. The van der Waals surface area contributed by atoms with E-state index in [9.17, 15) is 0 Å². The third-order valence-corrected chi connectivity index (χ3v) is 3.66. The van der Waals surface area contributed by atoms with E-state index in [1.165, 1.54) is 11.1 Å². The van der Waals surface area contributed by atoms with Gasteiger partial charge in [0.05, 0.1) is 0 Å². The first-order valence-electron chi connectivity index (χ1n) is 7.74. The van der Waals surface area contributed by atoms with Gasteiger partial charge in [-0.15, -0.1) is 0 Å². The number of pyridine rings is 2. The second kappa shape index (κ2) is 7.32. The Morgan fingerprint density at radius 2 is 1.81 bits per heavy atom. The summed E-state index contributed by atoms with van der Waals surface area (Å²) >= 11 is 0. The Kier molecular flexibility index (Phi) is 5.45. The summed E-state index contributed by atoms with van der Waals surface area (Å²) in [5.41, 5.74) is 5.85. The third kappa shape index (κ3) is 4.36. The second-order valence-corrected chi connectivity index (χ2v) is 5.51. The van der Waals surface area contributed by atoms with Crippen molar-refractivity contribution in [2.24, 2.45) is 0 Å². The van der Waals surface area contributed by atoms with Gasteiger partial charge in [0, 0.05) is 35.7 Å². The Balaban J connectivity index is 2.21. The molecule has 0 saturated heterocycles. The van der Waals surface area contributed by atoms with E-state index in [0.29, 0.717) is 0 Å². The summed E-state index contributed by atoms with van der Waals surface area (Å²) in [5, 5.41) is 3.56. The zero-order valence-electron chi connectivity index (χ0n) is 13.5. The number of rotatable bonds is 6. The average molecular weight is 283 g/mol. The fourth-order valence-corrected chi connectivity index (χ4v) is 2.62. The predicted octanol–water partition coefficient (Wildman–Crippen LogP) is 3.55. The van der Waals surface area contributed by atoms with Crippen molar-refractivity contribution < 1.29 is 0 Å². The molecule has 0 saturated carbocycles. The summed E-state index contributed by atoms with van der Waals surface area (Å²) in [7, 11) is 0. The van der Waals surface area contributed by atoms with Crippen LogP contribution < -0.4 is 5.32 Å². The minimum Gasteiger partial charge on any atom is -0.310 e. The van der Waals surface area contributed by atoms with Crippen LogP contribution in [0.1, 0.15) is 48.1 Å². The highest BCUT2D eigenvalue weighted by atomic mass is 14.9. The molecule has 0 radical (unpaired) electrons. The Hall–Kier alpha value is -1.74. The zero-order valence-corrected chi connectivity index (χ0v) is 13.5. The average Bonchev–Trinajstić information content (AvgIpc) is 2.46. The molecule has 3 nitrogen and oxygen atoms in total. The quantitative estimate of drug-likeness (QED) is 0.881. The highest BCUT2D eigenvalue weighted by Crippen LogP contribution is 2.19. The van der Waals surface area contributed by atoms with Gasteiger partial charge < -0.3 is 5.32 Å². The molecule has 3 heteroatoms. The molecule has 2 heterocycles. The number of hydrogen-bond donors (Lipinski definition) is 1. The third-order valence-electron chi connectivity index (χ3n) is 3.66. The van der Waals surface area contributed by atoms with Crippen molar-refractivity contribution in [3.05, 3.63) is 58.7 Å². The molecule has 1 unspecified atom stereocenters. The number of likely N-dealkylation sites (N-methyl/N-ethyl adjacent to an activating group) is 1. The van der Waals surface area contributed by atoms with E-state index in [1.807, 2.05) is 20.0 Å². The molecule has 0 bridgehead atoms. The van der Waals surface area contributed by atoms with Gasteiger partial charge in [-0.05, 0) is 56.1 Å². The van der Waals surface area contributed by atoms with Gasteiger partial charge in [-0.25, -0.2) is 0 Å². The number of aromatic nitrogens is 2. The molecule has 1 atom stereocenters. The lowest BCUT2D eigenvalue weighted by Crippen LogP contribution is -2.23. The second-order valence-electron chi connectivity index (χ2n) is 5.51. The van der Waals surface area contributed by atoms with Crippen LogP contribution in [0.5, 0.6) is 0 Å². The molecule has 0 aliphatic heterocycles. The maximum atomic E-state index is 4.59. The van der Waals surface area contributed by atoms with Gasteiger partial charge >= 0.3 is 0 Å². The van der Waals surface area contributed by atoms with Gasteiger partial charge in [-0.3, -0.25) is 9.97 Å². The first-order valence-corrected chi connectivity index (χ1v) is 7.74. The summed E-state index contributed by atoms with van der Waals surface area (Å²) in [6.07, 6.45) is 3.93. The molecular formula is C18H25N3. The Bertz CT molecular complexity index is 555. The van der Waals surface area contributed by atoms with E-state index in [2.05, 4.69) is 53.4 Å². The maximum absolute atomic E-state index is 4.59. The van der Waals surface area contributed by atoms with E-state index in [1.54, 1.807) is 0 Å². The maximum Gasteiger partial charge on any atom is 0.0422 e. The fourth-order valence-electron chi connectivity index (χ4n) is 2.62. The van der Waals surface area contributed by atoms with E-state index in [4.69, 9.17) is 0 Å². The SMILES string of the molecule is CCNC(Cc1ccc(CC)cn1)c1cc(C)nc(C)c1. The van der Waals surface area contributed by atoms with Crippen LogP contribution in [-0.4, -0.2) is 16.5 Å². The van der Waals surface area contributed by atoms with Gasteiger partial charge in [0.2, 0.25) is 0 Å². The molecule has 0 aliphatic rings. The van der Waals surface area contributed by atoms with Crippen LogP contribution in [0.25, 0.3) is 0 Å². The molecule has 2 rings (SSSR count). The summed E-state index contributed by atoms with van der Waals surface area (Å²) in [6.45, 7) is 9.34. The van der Waals surface area contributed by atoms with Crippen molar-refractivity contribution in [1.29, 1.82) is 0 Å². The molecule has 2 aromatic heterocycles. The van der Waals surface area contributed by atoms with Crippen LogP contribution in [0, 0.1) is 13.8 Å². The van der Waals surface area contributed by atoms with E-state index in [0.717, 1.165) is 36.5 Å². The van der Waals surface area contributed by atoms with Crippen molar-refractivity contribution in [2.45, 2.75) is 46.6 Å². The first-order chi connectivity index (χ1) is 10.1. The summed E-state index contributed by atoms with van der Waals surface area (Å²) < 4.78 is 0. The lowest BCUT2D eigenvalue weighted by atomic mass is 10.0. The van der Waals surface area contributed by atoms with Crippen LogP contribution in [-0.2, 0) is 12.8 Å². The molecule has 0 aromatic carbocycles. The molecule has 0 amide bonds. The highest BCUT2D eigenvalue weighted by molar-refractivity contribution is 5.25. The van der Waals surface area contributed by atoms with E-state index in [-0.39, 0.29) is 6.04 Å². The number of aryl methyl sites for hydroxylation is 3. The van der Waals surface area contributed by atoms with Crippen LogP contribution in [0.4, 0.5) is 0 Å². The van der Waals surface area contributed by atoms with Crippen molar-refractivity contribution >= 4 is 0 Å². The first kappa shape index (κ1) is 15.6. The number of hydrogen-bond acceptors (Lipinski definition) is 3. The van der Waals surface area contributed by atoms with Crippen LogP contribution in [0.15, 0.2) is 30.5 Å². The summed E-state index contributed by atoms with van der Waals surface area (Å²) in [5.74, 6) is 0. The fraction of sp³-hybridized carbons (Fsp3) is 0.444. The van der Waals surface area contributed by atoms with Crippen LogP contribution in [0.2, 0.25) is 0 Å². The Morgan fingerprint density at radius 3 is 2.33 bits per heavy atom. The minimum atomic E-state index is 0.287. The van der Waals surface area contributed by atoms with Crippen molar-refractivity contribution in [2.75, 3.05) is 6.54 Å². The van der Waals surface area contributed by atoms with E-state index < -0.39 is 0 Å². The number of nitrogens with zero attached hydrogens (tertiary/aromatic N) is 2. The topological polar surface area (TPSA) is 37.8 Å². The monoisotopic (exact) mass is 283 g/mol. The normalized spacial score (nSPS) is 12.4. The zero-order chi connectivity index (χ0) is 15.2. The molecule has 112 valence electrons. The molecule has 0 spiro atoms. The Morgan fingerprint density at radius 1 is 1.10 bits per heavy atom. The van der Waals surface area contributed by atoms with E-state index >= 15 is 0 Å². The smallest absolute Gasteiger partial charge is 0.0422 e. The minimum absolute atomic E-state index is 0.287. The van der Waals surface area contributed by atoms with Gasteiger partial charge in [-0.1, -0.05) is 19.9 Å². The lowest BCUT2D eigenvalue weighted by Gasteiger charge is -2.19. The van der Waals surface area contributed by atoms with Crippen LogP contribution >= 0.6 is 0 Å². The van der Waals surface area contributed by atoms with Crippen molar-refractivity contribution in [3.63, 3.8) is 0 Å². The Labute approximate surface area is 127 Å². The van der Waals surface area contributed by atoms with Crippen molar-refractivity contribution in [1.82, 2.24) is 15.3 Å². The van der Waals surface area contributed by atoms with Gasteiger partial charge in [0.15, 0.2) is 0 Å². The molecule has 1 N–H and O–H groups in total. The van der Waals surface area contributed by atoms with Crippen molar-refractivity contribution in [3.8, 4) is 0 Å². The van der Waals surface area contributed by atoms with Gasteiger partial charge in [0.1, 0.15) is 0 Å². The summed E-state index contributed by atoms with van der Waals surface area (Å²) in [6, 6.07) is 8.94. The molecule has 0 aliphatic carbocycles. The molecule has 0 fully saturated rings. The van der Waals surface area contributed by atoms with Gasteiger partial charge in [0.25, 0.3) is 0 Å². The highest BCUT2D eigenvalue weighted by Gasteiger charge is 2.13. The largest absolute Gasteiger partial charge is 0.310 e. The standard InChI is InChI=1S/C18H25N3/c1-5-15-7-8-17(20-12-15)11-18(19-6-2)16-9-13(3)21-14(4)10-16/h7-10,12,18-19H,5-6,11H2,1-4H3. The molecule has 2 aromatic rings. The lowest BCUT2D eigenvalue weighted by molar-refractivity contribution is 0.542. The number of nitrogens with one attached hydrogen (secondary N) is 1.